The average molecular weight is 373 g/mol. The predicted molar refractivity (Wildman–Crippen MR) is 95.9 cm³/mol. The molecule has 0 spiro atoms. The molecule has 0 amide bonds. The largest absolute Gasteiger partial charge is 0.497 e. The molecule has 7 heteroatoms. The van der Waals surface area contributed by atoms with Gasteiger partial charge in [0.15, 0.2) is 5.78 Å². The molecule has 0 unspecified atom stereocenters. The molecule has 0 aliphatic rings. The van der Waals surface area contributed by atoms with Crippen LogP contribution in [-0.4, -0.2) is 17.9 Å². The first-order valence-corrected chi connectivity index (χ1v) is 8.34. The van der Waals surface area contributed by atoms with Crippen LogP contribution in [0.25, 0.3) is 12.2 Å². The zero-order valence-electron chi connectivity index (χ0n) is 13.6. The molecule has 2 aromatic carbocycles. The lowest BCUT2D eigenvalue weighted by Gasteiger charge is -1.99. The lowest BCUT2D eigenvalue weighted by atomic mass is 10.1. The summed E-state index contributed by atoms with van der Waals surface area (Å²) in [6.45, 7) is 0. The third kappa shape index (κ3) is 3.78. The summed E-state index contributed by atoms with van der Waals surface area (Å²) in [5, 5.41) is 0. The topological polar surface area (TPSA) is 59.2 Å². The average Bonchev–Trinajstić information content (AvgIpc) is 2.97. The van der Waals surface area contributed by atoms with Gasteiger partial charge in [-0.2, -0.15) is 0 Å². The highest BCUT2D eigenvalue weighted by molar-refractivity contribution is 7.07. The SMILES string of the molecule is COc1ccc(C(=O)/C=c2\[nH]c(=O)/c(=C\c3c(F)cccc3F)s2)cc1. The number of hydrogen-bond acceptors (Lipinski definition) is 4. The molecule has 3 rings (SSSR count). The smallest absolute Gasteiger partial charge is 0.266 e. The molecule has 0 saturated carbocycles. The molecule has 1 heterocycles. The Morgan fingerprint density at radius 1 is 1.12 bits per heavy atom. The maximum Gasteiger partial charge on any atom is 0.266 e. The second-order valence-electron chi connectivity index (χ2n) is 5.30. The summed E-state index contributed by atoms with van der Waals surface area (Å²) in [5.41, 5.74) is -0.398. The van der Waals surface area contributed by atoms with E-state index in [0.29, 0.717) is 16.0 Å². The highest BCUT2D eigenvalue weighted by atomic mass is 32.1. The van der Waals surface area contributed by atoms with Crippen molar-refractivity contribution in [1.29, 1.82) is 0 Å². The number of aromatic nitrogens is 1. The van der Waals surface area contributed by atoms with Gasteiger partial charge in [0.1, 0.15) is 17.4 Å². The molecule has 4 nitrogen and oxygen atoms in total. The second-order valence-corrected chi connectivity index (χ2v) is 6.39. The van der Waals surface area contributed by atoms with Crippen molar-refractivity contribution in [1.82, 2.24) is 4.98 Å². The first-order chi connectivity index (χ1) is 12.5. The van der Waals surface area contributed by atoms with E-state index in [-0.39, 0.29) is 15.9 Å². The third-order valence-electron chi connectivity index (χ3n) is 3.59. The summed E-state index contributed by atoms with van der Waals surface area (Å²) in [7, 11) is 1.52. The van der Waals surface area contributed by atoms with Crippen molar-refractivity contribution in [3.05, 3.63) is 84.8 Å². The summed E-state index contributed by atoms with van der Waals surface area (Å²) in [6.07, 6.45) is 2.40. The van der Waals surface area contributed by atoms with E-state index in [1.54, 1.807) is 24.3 Å². The zero-order chi connectivity index (χ0) is 18.7. The Labute approximate surface area is 150 Å². The highest BCUT2D eigenvalue weighted by Gasteiger charge is 2.07. The fraction of sp³-hybridized carbons (Fsp3) is 0.0526. The van der Waals surface area contributed by atoms with Crippen LogP contribution in [0, 0.1) is 11.6 Å². The number of H-pyrrole nitrogens is 1. The van der Waals surface area contributed by atoms with Gasteiger partial charge in [-0.05, 0) is 42.5 Å². The Morgan fingerprint density at radius 3 is 2.38 bits per heavy atom. The van der Waals surface area contributed by atoms with Gasteiger partial charge < -0.3 is 9.72 Å². The summed E-state index contributed by atoms with van der Waals surface area (Å²) in [4.78, 5) is 26.8. The maximum absolute atomic E-state index is 13.7. The number of hydrogen-bond donors (Lipinski definition) is 1. The number of benzene rings is 2. The van der Waals surface area contributed by atoms with Gasteiger partial charge in [0, 0.05) is 17.2 Å². The molecule has 0 atom stereocenters. The van der Waals surface area contributed by atoms with Crippen LogP contribution < -0.4 is 19.5 Å². The second kappa shape index (κ2) is 7.45. The van der Waals surface area contributed by atoms with E-state index in [1.165, 1.54) is 19.3 Å². The first-order valence-electron chi connectivity index (χ1n) is 7.53. The number of Topliss-reactive ketones (excluding diaryl/α,β-unsaturated/α-hetero) is 1. The maximum atomic E-state index is 13.7. The lowest BCUT2D eigenvalue weighted by molar-refractivity contribution is 0.106. The van der Waals surface area contributed by atoms with Crippen LogP contribution in [0.1, 0.15) is 15.9 Å². The number of ketones is 1. The van der Waals surface area contributed by atoms with E-state index in [9.17, 15) is 18.4 Å². The van der Waals surface area contributed by atoms with Crippen molar-refractivity contribution < 1.29 is 18.3 Å². The number of carbonyl (C=O) groups is 1. The fourth-order valence-corrected chi connectivity index (χ4v) is 3.13. The molecule has 0 saturated heterocycles. The van der Waals surface area contributed by atoms with Gasteiger partial charge in [-0.15, -0.1) is 11.3 Å². The fourth-order valence-electron chi connectivity index (χ4n) is 2.26. The van der Waals surface area contributed by atoms with Crippen LogP contribution in [0.2, 0.25) is 0 Å². The lowest BCUT2D eigenvalue weighted by Crippen LogP contribution is -2.20. The van der Waals surface area contributed by atoms with E-state index < -0.39 is 17.2 Å². The molecule has 1 N–H and O–H groups in total. The molecule has 0 fully saturated rings. The predicted octanol–water partition coefficient (Wildman–Crippen LogP) is 2.22. The number of carbonyl (C=O) groups excluding carboxylic acids is 1. The summed E-state index contributed by atoms with van der Waals surface area (Å²) >= 11 is 0.944. The monoisotopic (exact) mass is 373 g/mol. The van der Waals surface area contributed by atoms with Gasteiger partial charge >= 0.3 is 0 Å². The number of nitrogens with one attached hydrogen (secondary N) is 1. The van der Waals surface area contributed by atoms with Crippen LogP contribution in [0.3, 0.4) is 0 Å². The number of halogens is 2. The first kappa shape index (κ1) is 17.8. The summed E-state index contributed by atoms with van der Waals surface area (Å²) < 4.78 is 32.9. The van der Waals surface area contributed by atoms with Gasteiger partial charge in [0.2, 0.25) is 0 Å². The molecule has 0 aliphatic carbocycles. The molecular weight excluding hydrogens is 360 g/mol. The van der Waals surface area contributed by atoms with Gasteiger partial charge in [-0.1, -0.05) is 6.07 Å². The van der Waals surface area contributed by atoms with Crippen molar-refractivity contribution in [2.45, 2.75) is 0 Å². The summed E-state index contributed by atoms with van der Waals surface area (Å²) in [6, 6.07) is 9.97. The Bertz CT molecular complexity index is 1110. The minimum Gasteiger partial charge on any atom is -0.497 e. The van der Waals surface area contributed by atoms with Gasteiger partial charge in [0.05, 0.1) is 16.3 Å². The van der Waals surface area contributed by atoms with E-state index >= 15 is 0 Å². The van der Waals surface area contributed by atoms with Crippen molar-refractivity contribution >= 4 is 29.3 Å². The molecule has 132 valence electrons. The molecule has 0 aliphatic heterocycles. The van der Waals surface area contributed by atoms with Crippen molar-refractivity contribution in [3.8, 4) is 5.75 Å². The molecule has 1 aromatic heterocycles. The van der Waals surface area contributed by atoms with E-state index in [2.05, 4.69) is 4.98 Å². The van der Waals surface area contributed by atoms with Crippen LogP contribution in [0.5, 0.6) is 5.75 Å². The number of ether oxygens (including phenoxy) is 1. The Balaban J connectivity index is 1.99. The quantitative estimate of drug-likeness (QED) is 0.714. The third-order valence-corrected chi connectivity index (χ3v) is 4.56. The molecule has 3 aromatic rings. The Hall–Kier alpha value is -3.06. The van der Waals surface area contributed by atoms with E-state index in [0.717, 1.165) is 29.5 Å². The Kier molecular flexibility index (Phi) is 5.09. The minimum absolute atomic E-state index is 0.0998. The van der Waals surface area contributed by atoms with E-state index in [1.807, 2.05) is 0 Å². The van der Waals surface area contributed by atoms with Gasteiger partial charge in [-0.3, -0.25) is 9.59 Å². The normalized spacial score (nSPS) is 12.4. The van der Waals surface area contributed by atoms with Crippen molar-refractivity contribution in [2.75, 3.05) is 7.11 Å². The summed E-state index contributed by atoms with van der Waals surface area (Å²) in [5.74, 6) is -1.22. The van der Waals surface area contributed by atoms with Crippen molar-refractivity contribution in [3.63, 3.8) is 0 Å². The van der Waals surface area contributed by atoms with Crippen molar-refractivity contribution in [2.24, 2.45) is 0 Å². The molecular formula is C19H13F2NO3S. The van der Waals surface area contributed by atoms with E-state index in [4.69, 9.17) is 4.74 Å². The van der Waals surface area contributed by atoms with Crippen LogP contribution in [0.15, 0.2) is 47.3 Å². The van der Waals surface area contributed by atoms with Gasteiger partial charge in [-0.25, -0.2) is 8.78 Å². The number of methoxy groups -OCH3 is 1. The Morgan fingerprint density at radius 2 is 1.77 bits per heavy atom. The standard InChI is InChI=1S/C19H13F2NO3S/c1-25-12-7-5-11(6-8-12)16(23)10-18-22-19(24)17(26-18)9-13-14(20)3-2-4-15(13)21/h2-10H,1H3,(H,22,24)/b17-9+,18-10+. The zero-order valence-corrected chi connectivity index (χ0v) is 14.4. The number of thiazole rings is 1. The number of aromatic amines is 1. The van der Waals surface area contributed by atoms with Crippen LogP contribution >= 0.6 is 11.3 Å². The number of rotatable bonds is 4. The molecule has 0 radical (unpaired) electrons. The van der Waals surface area contributed by atoms with Crippen LogP contribution in [0.4, 0.5) is 8.78 Å². The van der Waals surface area contributed by atoms with Crippen LogP contribution in [-0.2, 0) is 0 Å². The minimum atomic E-state index is -0.766. The van der Waals surface area contributed by atoms with Gasteiger partial charge in [0.25, 0.3) is 5.56 Å². The molecule has 0 bridgehead atoms. The highest BCUT2D eigenvalue weighted by Crippen LogP contribution is 2.13. The molecule has 26 heavy (non-hydrogen) atoms.